The Kier molecular flexibility index (Phi) is 11.9. The normalized spacial score (nSPS) is 10.2. The van der Waals surface area contributed by atoms with Gasteiger partial charge in [-0.2, -0.15) is 0 Å². The highest BCUT2D eigenvalue weighted by Gasteiger charge is 2.20. The molecule has 0 radical (unpaired) electrons. The summed E-state index contributed by atoms with van der Waals surface area (Å²) in [5.41, 5.74) is 6.44. The molecule has 0 unspecified atom stereocenters. The summed E-state index contributed by atoms with van der Waals surface area (Å²) in [4.78, 5) is 26.5. The van der Waals surface area contributed by atoms with E-state index in [9.17, 15) is 9.59 Å². The van der Waals surface area contributed by atoms with Gasteiger partial charge in [0.2, 0.25) is 0 Å². The number of rotatable bonds is 10. The van der Waals surface area contributed by atoms with Crippen molar-refractivity contribution in [2.45, 2.75) is 33.6 Å². The second-order valence-electron chi connectivity index (χ2n) is 5.50. The van der Waals surface area contributed by atoms with E-state index in [1.807, 2.05) is 0 Å². The third kappa shape index (κ3) is 7.88. The first-order valence-electron chi connectivity index (χ1n) is 8.49. The van der Waals surface area contributed by atoms with Gasteiger partial charge in [-0.15, -0.1) is 17.0 Å². The van der Waals surface area contributed by atoms with Crippen molar-refractivity contribution in [2.75, 3.05) is 38.6 Å². The molecule has 2 N–H and O–H groups in total. The van der Waals surface area contributed by atoms with Crippen molar-refractivity contribution in [3.63, 3.8) is 0 Å². The summed E-state index contributed by atoms with van der Waals surface area (Å²) in [6, 6.07) is 4.50. The predicted octanol–water partition coefficient (Wildman–Crippen LogP) is 3.30. The van der Waals surface area contributed by atoms with Gasteiger partial charge < -0.3 is 15.2 Å². The van der Waals surface area contributed by atoms with Crippen molar-refractivity contribution in [1.29, 1.82) is 0 Å². The molecule has 142 valence electrons. The second-order valence-corrected chi connectivity index (χ2v) is 5.50. The molecule has 0 aliphatic heterocycles. The van der Waals surface area contributed by atoms with Crippen LogP contribution in [0.25, 0.3) is 0 Å². The number of nitrogen functional groups attached to an aromatic ring is 1. The molecular formula is C18H29BrN2O4. The average Bonchev–Trinajstić information content (AvgIpc) is 2.55. The van der Waals surface area contributed by atoms with E-state index in [-0.39, 0.29) is 41.3 Å². The Bertz CT molecular complexity index is 546. The van der Waals surface area contributed by atoms with Crippen LogP contribution in [0.3, 0.4) is 0 Å². The second kappa shape index (κ2) is 12.7. The Morgan fingerprint density at radius 2 is 1.56 bits per heavy atom. The number of carbonyl (C=O) groups excluding carboxylic acids is 2. The zero-order valence-electron chi connectivity index (χ0n) is 15.2. The number of hydrogen-bond donors (Lipinski definition) is 1. The van der Waals surface area contributed by atoms with Crippen molar-refractivity contribution in [2.24, 2.45) is 0 Å². The average molecular weight is 417 g/mol. The minimum absolute atomic E-state index is 0. The summed E-state index contributed by atoms with van der Waals surface area (Å²) in [6.45, 7) is 9.07. The van der Waals surface area contributed by atoms with Crippen LogP contribution in [0, 0.1) is 0 Å². The lowest BCUT2D eigenvalue weighted by molar-refractivity contribution is 0.0437. The molecule has 1 aromatic rings. The van der Waals surface area contributed by atoms with Gasteiger partial charge in [0, 0.05) is 12.2 Å². The quantitative estimate of drug-likeness (QED) is 0.465. The number of ether oxygens (including phenoxy) is 2. The highest BCUT2D eigenvalue weighted by molar-refractivity contribution is 8.93. The van der Waals surface area contributed by atoms with E-state index in [1.165, 1.54) is 12.1 Å². The van der Waals surface area contributed by atoms with Crippen LogP contribution in [0.1, 0.15) is 54.3 Å². The molecule has 25 heavy (non-hydrogen) atoms. The number of halogens is 1. The van der Waals surface area contributed by atoms with E-state index in [0.717, 1.165) is 25.9 Å². The maximum absolute atomic E-state index is 12.3. The number of anilines is 1. The summed E-state index contributed by atoms with van der Waals surface area (Å²) in [7, 11) is 0. The zero-order valence-corrected chi connectivity index (χ0v) is 17.0. The van der Waals surface area contributed by atoms with E-state index >= 15 is 0 Å². The molecule has 0 aromatic heterocycles. The Morgan fingerprint density at radius 3 is 2.12 bits per heavy atom. The molecule has 1 aromatic carbocycles. The largest absolute Gasteiger partial charge is 0.462 e. The van der Waals surface area contributed by atoms with Crippen LogP contribution in [0.5, 0.6) is 0 Å². The van der Waals surface area contributed by atoms with E-state index in [1.54, 1.807) is 13.0 Å². The smallest absolute Gasteiger partial charge is 0.339 e. The maximum atomic E-state index is 12.3. The number of benzene rings is 1. The Balaban J connectivity index is 0.00000576. The first kappa shape index (κ1) is 23.4. The van der Waals surface area contributed by atoms with Gasteiger partial charge in [-0.05, 0) is 51.1 Å². The zero-order chi connectivity index (χ0) is 17.9. The molecule has 7 heteroatoms. The molecule has 0 aliphatic rings. The summed E-state index contributed by atoms with van der Waals surface area (Å²) in [5, 5.41) is 0. The lowest BCUT2D eigenvalue weighted by Gasteiger charge is -2.20. The minimum Gasteiger partial charge on any atom is -0.462 e. The molecule has 0 saturated carbocycles. The highest BCUT2D eigenvalue weighted by Crippen LogP contribution is 2.16. The van der Waals surface area contributed by atoms with Crippen LogP contribution in [-0.2, 0) is 9.47 Å². The van der Waals surface area contributed by atoms with E-state index in [0.29, 0.717) is 12.2 Å². The van der Waals surface area contributed by atoms with Gasteiger partial charge in [0.15, 0.2) is 0 Å². The highest BCUT2D eigenvalue weighted by atomic mass is 79.9. The standard InChI is InChI=1S/C18H28N2O4.BrH/c1-4-9-20(10-5-2)11-12-24-18(22)16-13-14(19)7-8-15(16)17(21)23-6-3;/h7-8,13H,4-6,9-12,19H2,1-3H3;1H. The van der Waals surface area contributed by atoms with Gasteiger partial charge in [-0.3, -0.25) is 4.90 Å². The van der Waals surface area contributed by atoms with Gasteiger partial charge in [0.1, 0.15) is 6.61 Å². The van der Waals surface area contributed by atoms with E-state index < -0.39 is 11.9 Å². The monoisotopic (exact) mass is 416 g/mol. The van der Waals surface area contributed by atoms with Gasteiger partial charge in [-0.25, -0.2) is 9.59 Å². The van der Waals surface area contributed by atoms with E-state index in [2.05, 4.69) is 18.7 Å². The molecular weight excluding hydrogens is 388 g/mol. The molecule has 6 nitrogen and oxygen atoms in total. The number of hydrogen-bond acceptors (Lipinski definition) is 6. The molecule has 0 bridgehead atoms. The van der Waals surface area contributed by atoms with Gasteiger partial charge in [0.25, 0.3) is 0 Å². The summed E-state index contributed by atoms with van der Waals surface area (Å²) in [6.07, 6.45) is 2.10. The lowest BCUT2D eigenvalue weighted by atomic mass is 10.1. The fraction of sp³-hybridized carbons (Fsp3) is 0.556. The Labute approximate surface area is 160 Å². The predicted molar refractivity (Wildman–Crippen MR) is 104 cm³/mol. The fourth-order valence-electron chi connectivity index (χ4n) is 2.43. The lowest BCUT2D eigenvalue weighted by Crippen LogP contribution is -2.30. The molecule has 0 amide bonds. The van der Waals surface area contributed by atoms with Crippen molar-refractivity contribution in [3.8, 4) is 0 Å². The summed E-state index contributed by atoms with van der Waals surface area (Å²) >= 11 is 0. The Hall–Kier alpha value is -1.60. The molecule has 0 atom stereocenters. The van der Waals surface area contributed by atoms with Crippen LogP contribution < -0.4 is 5.73 Å². The topological polar surface area (TPSA) is 81.9 Å². The molecule has 1 rings (SSSR count). The number of carbonyl (C=O) groups is 2. The summed E-state index contributed by atoms with van der Waals surface area (Å²) < 4.78 is 10.3. The first-order chi connectivity index (χ1) is 11.5. The first-order valence-corrected chi connectivity index (χ1v) is 8.49. The summed E-state index contributed by atoms with van der Waals surface area (Å²) in [5.74, 6) is -1.11. The van der Waals surface area contributed by atoms with Crippen LogP contribution in [0.15, 0.2) is 18.2 Å². The number of nitrogens with two attached hydrogens (primary N) is 1. The molecule has 0 saturated heterocycles. The maximum Gasteiger partial charge on any atom is 0.339 e. The Morgan fingerprint density at radius 1 is 0.960 bits per heavy atom. The van der Waals surface area contributed by atoms with Gasteiger partial charge >= 0.3 is 11.9 Å². The fourth-order valence-corrected chi connectivity index (χ4v) is 2.43. The van der Waals surface area contributed by atoms with Crippen molar-refractivity contribution >= 4 is 34.6 Å². The van der Waals surface area contributed by atoms with E-state index in [4.69, 9.17) is 15.2 Å². The van der Waals surface area contributed by atoms with Crippen LogP contribution in [0.2, 0.25) is 0 Å². The third-order valence-corrected chi connectivity index (χ3v) is 3.48. The van der Waals surface area contributed by atoms with Crippen molar-refractivity contribution in [1.82, 2.24) is 4.90 Å². The van der Waals surface area contributed by atoms with Gasteiger partial charge in [-0.1, -0.05) is 13.8 Å². The molecule has 0 fully saturated rings. The van der Waals surface area contributed by atoms with Crippen LogP contribution >= 0.6 is 17.0 Å². The molecule has 0 aliphatic carbocycles. The van der Waals surface area contributed by atoms with Crippen molar-refractivity contribution in [3.05, 3.63) is 29.3 Å². The SMILES string of the molecule is Br.CCCN(CCC)CCOC(=O)c1cc(N)ccc1C(=O)OCC. The molecule has 0 heterocycles. The minimum atomic E-state index is -0.557. The van der Waals surface area contributed by atoms with Crippen LogP contribution in [0.4, 0.5) is 5.69 Å². The number of esters is 2. The van der Waals surface area contributed by atoms with Crippen LogP contribution in [-0.4, -0.2) is 49.7 Å². The van der Waals surface area contributed by atoms with Gasteiger partial charge in [0.05, 0.1) is 17.7 Å². The molecule has 0 spiro atoms. The third-order valence-electron chi connectivity index (χ3n) is 3.48. The number of nitrogens with zero attached hydrogens (tertiary/aromatic N) is 1. The van der Waals surface area contributed by atoms with Crippen molar-refractivity contribution < 1.29 is 19.1 Å².